The van der Waals surface area contributed by atoms with Crippen LogP contribution in [0.2, 0.25) is 0 Å². The quantitative estimate of drug-likeness (QED) is 0.511. The Bertz CT molecular complexity index is 536. The number of aliphatic hydroxyl groups excluding tert-OH is 1. The topological polar surface area (TPSA) is 20.2 Å². The summed E-state index contributed by atoms with van der Waals surface area (Å²) >= 11 is 2.28. The Labute approximate surface area is 139 Å². The fraction of sp³-hybridized carbons (Fsp3) is 0.900. The highest BCUT2D eigenvalue weighted by Crippen LogP contribution is 2.74. The van der Waals surface area contributed by atoms with Crippen LogP contribution >= 0.6 is 11.8 Å². The molecule has 0 aromatic carbocycles. The van der Waals surface area contributed by atoms with E-state index in [0.29, 0.717) is 15.6 Å². The largest absolute Gasteiger partial charge is 0.393 e. The highest BCUT2D eigenvalue weighted by molar-refractivity contribution is 8.08. The highest BCUT2D eigenvalue weighted by atomic mass is 32.2. The van der Waals surface area contributed by atoms with Crippen molar-refractivity contribution >= 4 is 11.8 Å². The van der Waals surface area contributed by atoms with Crippen LogP contribution in [0.4, 0.5) is 0 Å². The molecule has 1 N–H and O–H groups in total. The van der Waals surface area contributed by atoms with Gasteiger partial charge in [-0.2, -0.15) is 11.8 Å². The van der Waals surface area contributed by atoms with E-state index in [1.165, 1.54) is 44.3 Å². The summed E-state index contributed by atoms with van der Waals surface area (Å²) in [5.41, 5.74) is 2.66. The van der Waals surface area contributed by atoms with Crippen LogP contribution in [-0.2, 0) is 0 Å². The van der Waals surface area contributed by atoms with Gasteiger partial charge < -0.3 is 5.11 Å². The van der Waals surface area contributed by atoms with Gasteiger partial charge in [0.1, 0.15) is 0 Å². The molecule has 1 aliphatic heterocycles. The summed E-state index contributed by atoms with van der Waals surface area (Å²) < 4.78 is 0.691. The van der Waals surface area contributed by atoms with E-state index in [1.807, 2.05) is 0 Å². The van der Waals surface area contributed by atoms with Crippen molar-refractivity contribution in [2.45, 2.75) is 76.1 Å². The predicted octanol–water partition coefficient (Wildman–Crippen LogP) is 4.80. The molecule has 2 heteroatoms. The Kier molecular flexibility index (Phi) is 2.85. The van der Waals surface area contributed by atoms with Gasteiger partial charge in [-0.1, -0.05) is 25.5 Å². The molecule has 5 aliphatic rings. The number of hydrogen-bond acceptors (Lipinski definition) is 2. The number of thioether (sulfide) groups is 1. The lowest BCUT2D eigenvalue weighted by molar-refractivity contribution is -0.0397. The molecule has 0 aromatic heterocycles. The fourth-order valence-electron chi connectivity index (χ4n) is 7.30. The van der Waals surface area contributed by atoms with Gasteiger partial charge in [0.05, 0.1) is 6.10 Å². The highest BCUT2D eigenvalue weighted by Gasteiger charge is 2.68. The first kappa shape index (κ1) is 14.4. The van der Waals surface area contributed by atoms with Crippen molar-refractivity contribution in [1.29, 1.82) is 0 Å². The first-order chi connectivity index (χ1) is 10.5. The van der Waals surface area contributed by atoms with Gasteiger partial charge in [0.2, 0.25) is 0 Å². The Morgan fingerprint density at radius 1 is 1.09 bits per heavy atom. The molecule has 0 amide bonds. The van der Waals surface area contributed by atoms with Crippen LogP contribution < -0.4 is 0 Å². The van der Waals surface area contributed by atoms with Crippen molar-refractivity contribution in [3.05, 3.63) is 11.6 Å². The second-order valence-electron chi connectivity index (χ2n) is 9.43. The van der Waals surface area contributed by atoms with Crippen LogP contribution in [0.25, 0.3) is 0 Å². The van der Waals surface area contributed by atoms with E-state index in [2.05, 4.69) is 31.7 Å². The van der Waals surface area contributed by atoms with Crippen molar-refractivity contribution in [1.82, 2.24) is 0 Å². The van der Waals surface area contributed by atoms with Gasteiger partial charge in [0.25, 0.3) is 0 Å². The molecular weight excluding hydrogens is 288 g/mol. The second kappa shape index (κ2) is 4.36. The molecule has 7 atom stereocenters. The fourth-order valence-corrected chi connectivity index (χ4v) is 8.79. The molecule has 1 heterocycles. The Morgan fingerprint density at radius 2 is 1.86 bits per heavy atom. The molecule has 0 aromatic rings. The predicted molar refractivity (Wildman–Crippen MR) is 92.9 cm³/mol. The SMILES string of the molecule is C[C@]12CC[C@@H](O)CC1=CC[C@H]1[C@H]2CC[C@@]2(C)[C@H]1CC[C@]21CS1. The molecule has 4 aliphatic carbocycles. The molecule has 0 bridgehead atoms. The lowest BCUT2D eigenvalue weighted by Crippen LogP contribution is -2.51. The second-order valence-corrected chi connectivity index (χ2v) is 10.8. The average Bonchev–Trinajstić information content (AvgIpc) is 3.22. The minimum absolute atomic E-state index is 0.0673. The van der Waals surface area contributed by atoms with Crippen molar-refractivity contribution in [2.75, 3.05) is 5.75 Å². The molecule has 122 valence electrons. The maximum Gasteiger partial charge on any atom is 0.0577 e. The number of rotatable bonds is 0. The van der Waals surface area contributed by atoms with Gasteiger partial charge in [0.15, 0.2) is 0 Å². The van der Waals surface area contributed by atoms with Crippen LogP contribution in [0, 0.1) is 28.6 Å². The van der Waals surface area contributed by atoms with Gasteiger partial charge in [-0.25, -0.2) is 0 Å². The summed E-state index contributed by atoms with van der Waals surface area (Å²) in [6.45, 7) is 5.19. The molecule has 0 unspecified atom stereocenters. The smallest absolute Gasteiger partial charge is 0.0577 e. The van der Waals surface area contributed by atoms with Crippen molar-refractivity contribution in [2.24, 2.45) is 28.6 Å². The lowest BCUT2D eigenvalue weighted by Gasteiger charge is -2.58. The molecule has 4 fully saturated rings. The van der Waals surface area contributed by atoms with Crippen LogP contribution in [0.3, 0.4) is 0 Å². The third-order valence-corrected chi connectivity index (χ3v) is 10.5. The zero-order valence-corrected chi connectivity index (χ0v) is 14.9. The summed E-state index contributed by atoms with van der Waals surface area (Å²) in [6.07, 6.45) is 12.9. The maximum absolute atomic E-state index is 10.1. The summed E-state index contributed by atoms with van der Waals surface area (Å²) in [4.78, 5) is 0. The number of allylic oxidation sites excluding steroid dienone is 1. The van der Waals surface area contributed by atoms with Crippen molar-refractivity contribution in [3.63, 3.8) is 0 Å². The summed E-state index contributed by atoms with van der Waals surface area (Å²) in [6, 6.07) is 0. The number of aliphatic hydroxyl groups is 1. The number of hydrogen-bond donors (Lipinski definition) is 1. The average molecular weight is 319 g/mol. The van der Waals surface area contributed by atoms with E-state index in [1.54, 1.807) is 5.57 Å². The Morgan fingerprint density at radius 3 is 2.64 bits per heavy atom. The third kappa shape index (κ3) is 1.62. The van der Waals surface area contributed by atoms with E-state index in [9.17, 15) is 5.11 Å². The van der Waals surface area contributed by atoms with Crippen LogP contribution in [0.5, 0.6) is 0 Å². The van der Waals surface area contributed by atoms with Crippen LogP contribution in [0.1, 0.15) is 65.2 Å². The first-order valence-corrected chi connectivity index (χ1v) is 10.5. The van der Waals surface area contributed by atoms with E-state index < -0.39 is 0 Å². The maximum atomic E-state index is 10.1. The third-order valence-electron chi connectivity index (χ3n) is 8.86. The van der Waals surface area contributed by atoms with E-state index >= 15 is 0 Å². The van der Waals surface area contributed by atoms with Crippen molar-refractivity contribution in [3.8, 4) is 0 Å². The van der Waals surface area contributed by atoms with Gasteiger partial charge in [-0.05, 0) is 80.0 Å². The van der Waals surface area contributed by atoms with E-state index in [4.69, 9.17) is 0 Å². The standard InChI is InChI=1S/C20H30OS/c1-18-8-5-14(21)11-13(18)3-4-15-16(18)6-9-19(2)17(15)7-10-20(19)12-22-20/h3,14-17,21H,4-12H2,1-2H3/t14-,15+,16-,17+,18+,19+,20+/m1/s1. The Balaban J connectivity index is 1.51. The zero-order chi connectivity index (χ0) is 15.2. The normalized spacial score (nSPS) is 59.5. The molecular formula is C20H30OS. The molecule has 1 nitrogen and oxygen atoms in total. The molecule has 22 heavy (non-hydrogen) atoms. The first-order valence-electron chi connectivity index (χ1n) is 9.50. The monoisotopic (exact) mass is 318 g/mol. The number of fused-ring (bicyclic) bond motifs is 6. The van der Waals surface area contributed by atoms with Crippen LogP contribution in [0.15, 0.2) is 11.6 Å². The minimum Gasteiger partial charge on any atom is -0.393 e. The minimum atomic E-state index is -0.0673. The zero-order valence-electron chi connectivity index (χ0n) is 14.1. The lowest BCUT2D eigenvalue weighted by atomic mass is 9.47. The molecule has 1 spiro atoms. The van der Waals surface area contributed by atoms with Gasteiger partial charge in [-0.3, -0.25) is 0 Å². The van der Waals surface area contributed by atoms with Crippen LogP contribution in [-0.4, -0.2) is 21.7 Å². The summed E-state index contributed by atoms with van der Waals surface area (Å²) in [5, 5.41) is 10.1. The van der Waals surface area contributed by atoms with Gasteiger partial charge >= 0.3 is 0 Å². The summed E-state index contributed by atoms with van der Waals surface area (Å²) in [5.74, 6) is 4.25. The van der Waals surface area contributed by atoms with E-state index in [-0.39, 0.29) is 6.10 Å². The van der Waals surface area contributed by atoms with Gasteiger partial charge in [0, 0.05) is 10.5 Å². The van der Waals surface area contributed by atoms with E-state index in [0.717, 1.165) is 30.6 Å². The molecule has 3 saturated carbocycles. The molecule has 0 radical (unpaired) electrons. The molecule has 1 saturated heterocycles. The molecule has 5 rings (SSSR count). The summed E-state index contributed by atoms with van der Waals surface area (Å²) in [7, 11) is 0. The van der Waals surface area contributed by atoms with Crippen molar-refractivity contribution < 1.29 is 5.11 Å². The Hall–Kier alpha value is 0.0500. The van der Waals surface area contributed by atoms with Gasteiger partial charge in [-0.15, -0.1) is 0 Å².